The number of fused-ring (bicyclic) bond motifs is 1. The molecular weight excluding hydrogens is 278 g/mol. The number of rotatable bonds is 5. The Morgan fingerprint density at radius 3 is 2.82 bits per heavy atom. The van der Waals surface area contributed by atoms with Gasteiger partial charge in [-0.25, -0.2) is 4.68 Å². The molecular formula is C16H17N5O. The van der Waals surface area contributed by atoms with E-state index in [-0.39, 0.29) is 18.5 Å². The first-order valence-corrected chi connectivity index (χ1v) is 7.18. The summed E-state index contributed by atoms with van der Waals surface area (Å²) in [4.78, 5) is 11.9. The lowest BCUT2D eigenvalue weighted by atomic mass is 10.0. The van der Waals surface area contributed by atoms with Gasteiger partial charge in [0.2, 0.25) is 5.91 Å². The lowest BCUT2D eigenvalue weighted by Gasteiger charge is -2.14. The fourth-order valence-corrected chi connectivity index (χ4v) is 2.49. The Hall–Kier alpha value is -2.76. The summed E-state index contributed by atoms with van der Waals surface area (Å²) < 4.78 is 1.40. The lowest BCUT2D eigenvalue weighted by Crippen LogP contribution is -2.36. The second-order valence-electron chi connectivity index (χ2n) is 5.36. The van der Waals surface area contributed by atoms with Gasteiger partial charge in [-0.1, -0.05) is 42.5 Å². The Morgan fingerprint density at radius 2 is 2.05 bits per heavy atom. The Balaban J connectivity index is 1.60. The van der Waals surface area contributed by atoms with Crippen molar-refractivity contribution < 1.29 is 4.79 Å². The minimum absolute atomic E-state index is 0.0464. The Labute approximate surface area is 128 Å². The van der Waals surface area contributed by atoms with Crippen LogP contribution in [-0.2, 0) is 17.8 Å². The Bertz CT molecular complexity index is 769. The third kappa shape index (κ3) is 3.46. The van der Waals surface area contributed by atoms with Crippen LogP contribution in [-0.4, -0.2) is 32.2 Å². The molecule has 1 N–H and O–H groups in total. The quantitative estimate of drug-likeness (QED) is 0.775. The standard InChI is InChI=1S/C16H17N5O/c1-12(18-16(22)10-21-11-17-19-20-21)8-13-6-7-14-4-2-3-5-15(14)9-13/h2-7,9,11-12H,8,10H2,1H3,(H,18,22)/t12-/m0/s1. The summed E-state index contributed by atoms with van der Waals surface area (Å²) in [5, 5.41) is 16.1. The average Bonchev–Trinajstić information content (AvgIpc) is 2.99. The maximum Gasteiger partial charge on any atom is 0.242 e. The monoisotopic (exact) mass is 295 g/mol. The van der Waals surface area contributed by atoms with Crippen LogP contribution in [0.25, 0.3) is 10.8 Å². The molecule has 0 saturated carbocycles. The van der Waals surface area contributed by atoms with Crippen LogP contribution in [0.3, 0.4) is 0 Å². The van der Waals surface area contributed by atoms with Gasteiger partial charge in [0.1, 0.15) is 12.9 Å². The minimum Gasteiger partial charge on any atom is -0.352 e. The summed E-state index contributed by atoms with van der Waals surface area (Å²) in [5.74, 6) is -0.0967. The van der Waals surface area contributed by atoms with Crippen molar-refractivity contribution in [1.29, 1.82) is 0 Å². The highest BCUT2D eigenvalue weighted by atomic mass is 16.2. The lowest BCUT2D eigenvalue weighted by molar-refractivity contribution is -0.122. The molecule has 6 nitrogen and oxygen atoms in total. The van der Waals surface area contributed by atoms with E-state index >= 15 is 0 Å². The van der Waals surface area contributed by atoms with Gasteiger partial charge in [-0.3, -0.25) is 4.79 Å². The number of tetrazole rings is 1. The number of nitrogens with one attached hydrogen (secondary N) is 1. The summed E-state index contributed by atoms with van der Waals surface area (Å²) in [6.07, 6.45) is 2.21. The van der Waals surface area contributed by atoms with Gasteiger partial charge in [0.25, 0.3) is 0 Å². The highest BCUT2D eigenvalue weighted by Gasteiger charge is 2.09. The number of nitrogens with zero attached hydrogens (tertiary/aromatic N) is 4. The van der Waals surface area contributed by atoms with Crippen molar-refractivity contribution in [3.63, 3.8) is 0 Å². The van der Waals surface area contributed by atoms with Crippen molar-refractivity contribution in [3.8, 4) is 0 Å². The zero-order chi connectivity index (χ0) is 15.4. The number of benzene rings is 2. The van der Waals surface area contributed by atoms with Gasteiger partial charge in [-0.15, -0.1) is 5.10 Å². The van der Waals surface area contributed by atoms with Crippen molar-refractivity contribution >= 4 is 16.7 Å². The summed E-state index contributed by atoms with van der Waals surface area (Å²) in [6.45, 7) is 2.13. The van der Waals surface area contributed by atoms with Crippen LogP contribution in [0.15, 0.2) is 48.8 Å². The summed E-state index contributed by atoms with van der Waals surface area (Å²) >= 11 is 0. The zero-order valence-corrected chi connectivity index (χ0v) is 12.3. The predicted octanol–water partition coefficient (Wildman–Crippen LogP) is 1.57. The molecule has 3 aromatic rings. The van der Waals surface area contributed by atoms with E-state index in [1.165, 1.54) is 27.3 Å². The van der Waals surface area contributed by atoms with Gasteiger partial charge < -0.3 is 5.32 Å². The third-order valence-corrected chi connectivity index (χ3v) is 3.46. The largest absolute Gasteiger partial charge is 0.352 e. The molecule has 22 heavy (non-hydrogen) atoms. The molecule has 2 aromatic carbocycles. The number of carbonyl (C=O) groups excluding carboxylic acids is 1. The van der Waals surface area contributed by atoms with E-state index in [4.69, 9.17) is 0 Å². The van der Waals surface area contributed by atoms with Gasteiger partial charge in [0.15, 0.2) is 0 Å². The smallest absolute Gasteiger partial charge is 0.242 e. The number of carbonyl (C=O) groups is 1. The molecule has 0 aliphatic heterocycles. The molecule has 6 heteroatoms. The number of amides is 1. The molecule has 112 valence electrons. The highest BCUT2D eigenvalue weighted by Crippen LogP contribution is 2.16. The van der Waals surface area contributed by atoms with Crippen molar-refractivity contribution in [2.75, 3.05) is 0 Å². The first-order valence-electron chi connectivity index (χ1n) is 7.18. The van der Waals surface area contributed by atoms with Crippen LogP contribution in [0.2, 0.25) is 0 Å². The molecule has 1 heterocycles. The van der Waals surface area contributed by atoms with Crippen molar-refractivity contribution in [3.05, 3.63) is 54.4 Å². The fraction of sp³-hybridized carbons (Fsp3) is 0.250. The van der Waals surface area contributed by atoms with E-state index in [9.17, 15) is 4.79 Å². The normalized spacial score (nSPS) is 12.2. The van der Waals surface area contributed by atoms with Crippen LogP contribution < -0.4 is 5.32 Å². The van der Waals surface area contributed by atoms with Crippen molar-refractivity contribution in [1.82, 2.24) is 25.5 Å². The molecule has 0 spiro atoms. The third-order valence-electron chi connectivity index (χ3n) is 3.46. The van der Waals surface area contributed by atoms with Crippen LogP contribution in [0, 0.1) is 0 Å². The molecule has 1 amide bonds. The van der Waals surface area contributed by atoms with Gasteiger partial charge in [0, 0.05) is 6.04 Å². The summed E-state index contributed by atoms with van der Waals surface area (Å²) in [5.41, 5.74) is 1.20. The maximum absolute atomic E-state index is 11.9. The average molecular weight is 295 g/mol. The van der Waals surface area contributed by atoms with Gasteiger partial charge >= 0.3 is 0 Å². The Kier molecular flexibility index (Phi) is 4.09. The maximum atomic E-state index is 11.9. The summed E-state index contributed by atoms with van der Waals surface area (Å²) in [6, 6.07) is 14.7. The summed E-state index contributed by atoms with van der Waals surface area (Å²) in [7, 11) is 0. The molecule has 3 rings (SSSR count). The predicted molar refractivity (Wildman–Crippen MR) is 83.1 cm³/mol. The minimum atomic E-state index is -0.0967. The molecule has 0 bridgehead atoms. The van der Waals surface area contributed by atoms with E-state index < -0.39 is 0 Å². The van der Waals surface area contributed by atoms with Crippen LogP contribution in [0.4, 0.5) is 0 Å². The SMILES string of the molecule is C[C@@H](Cc1ccc2ccccc2c1)NC(=O)Cn1cnnn1. The molecule has 1 atom stereocenters. The molecule has 0 aliphatic rings. The van der Waals surface area contributed by atoms with E-state index in [2.05, 4.69) is 51.2 Å². The first kappa shape index (κ1) is 14.2. The molecule has 1 aromatic heterocycles. The Morgan fingerprint density at radius 1 is 1.23 bits per heavy atom. The molecule has 0 unspecified atom stereocenters. The first-order chi connectivity index (χ1) is 10.7. The van der Waals surface area contributed by atoms with Gasteiger partial charge in [-0.2, -0.15) is 0 Å². The van der Waals surface area contributed by atoms with Crippen LogP contribution in [0.5, 0.6) is 0 Å². The van der Waals surface area contributed by atoms with Crippen LogP contribution >= 0.6 is 0 Å². The van der Waals surface area contributed by atoms with Crippen molar-refractivity contribution in [2.45, 2.75) is 25.9 Å². The van der Waals surface area contributed by atoms with E-state index in [0.717, 1.165) is 6.42 Å². The number of aromatic nitrogens is 4. The highest BCUT2D eigenvalue weighted by molar-refractivity contribution is 5.83. The second kappa shape index (κ2) is 6.34. The molecule has 0 fully saturated rings. The number of hydrogen-bond donors (Lipinski definition) is 1. The van der Waals surface area contributed by atoms with E-state index in [1.54, 1.807) is 0 Å². The van der Waals surface area contributed by atoms with Gasteiger partial charge in [-0.05, 0) is 40.1 Å². The van der Waals surface area contributed by atoms with E-state index in [0.29, 0.717) is 0 Å². The number of hydrogen-bond acceptors (Lipinski definition) is 4. The topological polar surface area (TPSA) is 72.7 Å². The van der Waals surface area contributed by atoms with Gasteiger partial charge in [0.05, 0.1) is 0 Å². The molecule has 0 radical (unpaired) electrons. The molecule has 0 saturated heterocycles. The second-order valence-corrected chi connectivity index (χ2v) is 5.36. The zero-order valence-electron chi connectivity index (χ0n) is 12.3. The van der Waals surface area contributed by atoms with E-state index in [1.807, 2.05) is 19.1 Å². The fourth-order valence-electron chi connectivity index (χ4n) is 2.49. The molecule has 0 aliphatic carbocycles. The van der Waals surface area contributed by atoms with Crippen molar-refractivity contribution in [2.24, 2.45) is 0 Å². The van der Waals surface area contributed by atoms with Crippen LogP contribution in [0.1, 0.15) is 12.5 Å².